The van der Waals surface area contributed by atoms with Gasteiger partial charge >= 0.3 is 6.61 Å². The second-order valence-corrected chi connectivity index (χ2v) is 12.6. The maximum atomic E-state index is 14.8. The fourth-order valence-electron chi connectivity index (χ4n) is 5.23. The van der Waals surface area contributed by atoms with E-state index in [4.69, 9.17) is 13.8 Å². The minimum absolute atomic E-state index is 0.0521. The summed E-state index contributed by atoms with van der Waals surface area (Å²) in [6, 6.07) is 9.83. The molecule has 7 nitrogen and oxygen atoms in total. The number of benzene rings is 2. The molecule has 0 saturated heterocycles. The molecular formula is C26H22F3N4O3P. The van der Waals surface area contributed by atoms with E-state index < -0.39 is 44.5 Å². The Morgan fingerprint density at radius 3 is 2.65 bits per heavy atom. The molecule has 190 valence electrons. The van der Waals surface area contributed by atoms with Crippen LogP contribution in [0.15, 0.2) is 48.5 Å². The van der Waals surface area contributed by atoms with Crippen LogP contribution in [0.4, 0.5) is 13.2 Å². The van der Waals surface area contributed by atoms with Crippen molar-refractivity contribution in [2.75, 3.05) is 20.3 Å². The third kappa shape index (κ3) is 3.65. The van der Waals surface area contributed by atoms with Gasteiger partial charge in [0.2, 0.25) is 0 Å². The first kappa shape index (κ1) is 20.4. The largest absolute Gasteiger partial charge is 0.434 e. The van der Waals surface area contributed by atoms with E-state index in [9.17, 15) is 22.5 Å². The minimum atomic E-state index is -3.18. The molecule has 37 heavy (non-hydrogen) atoms. The molecule has 2 aromatic heterocycles. The highest BCUT2D eigenvalue weighted by molar-refractivity contribution is 7.70. The fraction of sp³-hybridized carbons (Fsp3) is 0.269. The molecule has 2 aliphatic heterocycles. The van der Waals surface area contributed by atoms with Crippen molar-refractivity contribution in [3.05, 3.63) is 71.3 Å². The maximum Gasteiger partial charge on any atom is 0.387 e. The number of carbonyl (C=O) groups excluding carboxylic acids is 1. The third-order valence-electron chi connectivity index (χ3n) is 6.82. The predicted octanol–water partition coefficient (Wildman–Crippen LogP) is 5.21. The third-order valence-corrected chi connectivity index (χ3v) is 8.34. The van der Waals surface area contributed by atoms with E-state index in [0.29, 0.717) is 22.4 Å². The maximum absolute atomic E-state index is 14.8. The van der Waals surface area contributed by atoms with Gasteiger partial charge in [0.15, 0.2) is 5.65 Å². The van der Waals surface area contributed by atoms with Gasteiger partial charge in [0.1, 0.15) is 30.0 Å². The molecule has 2 atom stereocenters. The van der Waals surface area contributed by atoms with Crippen LogP contribution in [-0.4, -0.2) is 52.3 Å². The average Bonchev–Trinajstić information content (AvgIpc) is 3.35. The Morgan fingerprint density at radius 1 is 1.14 bits per heavy atom. The second kappa shape index (κ2) is 8.18. The lowest BCUT2D eigenvalue weighted by Crippen LogP contribution is -2.30. The highest BCUT2D eigenvalue weighted by atomic mass is 31.2. The molecule has 0 N–H and O–H groups in total. The molecule has 0 radical (unpaired) electrons. The zero-order valence-corrected chi connectivity index (χ0v) is 20.5. The van der Waals surface area contributed by atoms with E-state index in [2.05, 4.69) is 4.98 Å². The Hall–Kier alpha value is -3.65. The zero-order chi connectivity index (χ0) is 28.7. The summed E-state index contributed by atoms with van der Waals surface area (Å²) in [6.45, 7) is -3.08. The van der Waals surface area contributed by atoms with Gasteiger partial charge in [-0.25, -0.2) is 14.4 Å². The van der Waals surface area contributed by atoms with Crippen molar-refractivity contribution in [1.29, 1.82) is 0 Å². The van der Waals surface area contributed by atoms with E-state index in [1.807, 2.05) is 0 Å². The van der Waals surface area contributed by atoms with Crippen molar-refractivity contribution in [3.8, 4) is 17.0 Å². The second-order valence-electron chi connectivity index (χ2n) is 9.43. The molecule has 2 bridgehead atoms. The molecular weight excluding hydrogens is 504 g/mol. The van der Waals surface area contributed by atoms with Crippen molar-refractivity contribution in [2.24, 2.45) is 0 Å². The van der Waals surface area contributed by atoms with Gasteiger partial charge < -0.3 is 18.8 Å². The van der Waals surface area contributed by atoms with Gasteiger partial charge in [-0.05, 0) is 49.7 Å². The van der Waals surface area contributed by atoms with Gasteiger partial charge in [-0.1, -0.05) is 12.1 Å². The summed E-state index contributed by atoms with van der Waals surface area (Å²) < 4.78 is 84.7. The number of alkyl halides is 2. The summed E-state index contributed by atoms with van der Waals surface area (Å²) in [6.07, 6.45) is 0.0521. The highest BCUT2D eigenvalue weighted by Crippen LogP contribution is 2.49. The molecule has 4 heterocycles. The number of nitrogens with zero attached hydrogens (tertiary/aromatic N) is 4. The first-order chi connectivity index (χ1) is 18.8. The van der Waals surface area contributed by atoms with Gasteiger partial charge in [0.25, 0.3) is 5.91 Å². The van der Waals surface area contributed by atoms with Crippen LogP contribution >= 0.6 is 7.14 Å². The number of carbonyl (C=O) groups is 1. The van der Waals surface area contributed by atoms with Gasteiger partial charge in [-0.2, -0.15) is 8.78 Å². The van der Waals surface area contributed by atoms with Crippen molar-refractivity contribution in [3.63, 3.8) is 0 Å². The van der Waals surface area contributed by atoms with Crippen molar-refractivity contribution in [2.45, 2.75) is 25.1 Å². The van der Waals surface area contributed by atoms with Crippen LogP contribution in [0.1, 0.15) is 44.4 Å². The smallest absolute Gasteiger partial charge is 0.387 e. The molecule has 0 aliphatic carbocycles. The summed E-state index contributed by atoms with van der Waals surface area (Å²) in [7, 11) is -2.85. The Morgan fingerprint density at radius 2 is 1.95 bits per heavy atom. The van der Waals surface area contributed by atoms with E-state index in [1.165, 1.54) is 43.7 Å². The number of amides is 1. The lowest BCUT2D eigenvalue weighted by atomic mass is 9.98. The number of hydrogen-bond donors (Lipinski definition) is 0. The van der Waals surface area contributed by atoms with Crippen LogP contribution in [0.5, 0.6) is 5.75 Å². The molecule has 2 aliphatic rings. The van der Waals surface area contributed by atoms with E-state index >= 15 is 0 Å². The topological polar surface area (TPSA) is 77.3 Å². The van der Waals surface area contributed by atoms with Gasteiger partial charge in [0.05, 0.1) is 17.8 Å². The monoisotopic (exact) mass is 529 g/mol. The number of rotatable bonds is 4. The lowest BCUT2D eigenvalue weighted by Gasteiger charge is -2.24. The van der Waals surface area contributed by atoms with Crippen LogP contribution in [0, 0.1) is 5.82 Å². The number of hydrogen-bond acceptors (Lipinski definition) is 5. The Bertz CT molecular complexity index is 1750. The molecule has 6 rings (SSSR count). The quantitative estimate of drug-likeness (QED) is 0.340. The normalized spacial score (nSPS) is 20.3. The van der Waals surface area contributed by atoms with Gasteiger partial charge in [-0.15, -0.1) is 0 Å². The summed E-state index contributed by atoms with van der Waals surface area (Å²) in [5.41, 5.74) is 1.51. The van der Waals surface area contributed by atoms with Crippen molar-refractivity contribution >= 4 is 29.5 Å². The molecule has 0 fully saturated rings. The SMILES string of the molecule is [2H]C([2H])([2H])N1C(=O)c2cccc(OC(F)F)c2[C@H]2C[C@@H]1c1nc3ccc(-c4ccc(P(C)(C)=O)c(F)c4)nc3n12. The van der Waals surface area contributed by atoms with Crippen LogP contribution in [0.2, 0.25) is 0 Å². The van der Waals surface area contributed by atoms with Gasteiger partial charge in [-0.3, -0.25) is 4.79 Å². The van der Waals surface area contributed by atoms with Crippen LogP contribution < -0.4 is 10.0 Å². The summed E-state index contributed by atoms with van der Waals surface area (Å²) >= 11 is 0. The summed E-state index contributed by atoms with van der Waals surface area (Å²) in [5.74, 6) is -1.47. The van der Waals surface area contributed by atoms with E-state index in [1.54, 1.807) is 22.8 Å². The zero-order valence-electron chi connectivity index (χ0n) is 22.7. The number of ether oxygens (including phenoxy) is 1. The minimum Gasteiger partial charge on any atom is -0.434 e. The lowest BCUT2D eigenvalue weighted by molar-refractivity contribution is -0.0507. The Labute approximate surface area is 214 Å². The summed E-state index contributed by atoms with van der Waals surface area (Å²) in [5, 5.41) is 0.116. The molecule has 4 aromatic rings. The average molecular weight is 529 g/mol. The van der Waals surface area contributed by atoms with Crippen LogP contribution in [-0.2, 0) is 4.57 Å². The molecule has 0 saturated carbocycles. The Balaban J connectivity index is 1.58. The standard InChI is InChI=1S/C26H22F3N4O3P/c1-32-19-12-18(22-14(25(32)34)5-4-6-20(22)36-26(28)29)33-23-17(31-24(19)33)9-8-16(30-23)13-7-10-21(15(27)11-13)37(2,3)35/h4-11,18-19,26H,12H2,1-3H3/t18-,19-/m1/s1/i1D3. The summed E-state index contributed by atoms with van der Waals surface area (Å²) in [4.78, 5) is 23.6. The fourth-order valence-corrected chi connectivity index (χ4v) is 6.24. The van der Waals surface area contributed by atoms with Crippen LogP contribution in [0.3, 0.4) is 0 Å². The number of imidazole rings is 1. The first-order valence-corrected chi connectivity index (χ1v) is 14.0. The van der Waals surface area contributed by atoms with Crippen molar-refractivity contribution in [1.82, 2.24) is 19.4 Å². The molecule has 2 aromatic carbocycles. The predicted molar refractivity (Wildman–Crippen MR) is 133 cm³/mol. The number of halogens is 3. The van der Waals surface area contributed by atoms with Gasteiger partial charge in [0, 0.05) is 39.5 Å². The van der Waals surface area contributed by atoms with E-state index in [-0.39, 0.29) is 34.4 Å². The highest BCUT2D eigenvalue weighted by Gasteiger charge is 2.45. The molecule has 11 heteroatoms. The number of fused-ring (bicyclic) bond motifs is 9. The van der Waals surface area contributed by atoms with Crippen molar-refractivity contribution < 1.29 is 31.4 Å². The van der Waals surface area contributed by atoms with E-state index in [0.717, 1.165) is 4.90 Å². The van der Waals surface area contributed by atoms with Crippen LogP contribution in [0.25, 0.3) is 22.4 Å². The molecule has 0 unspecified atom stereocenters. The molecule has 0 spiro atoms. The Kier molecular flexibility index (Phi) is 4.51. The number of pyridine rings is 1. The number of aromatic nitrogens is 3. The molecule has 1 amide bonds. The first-order valence-electron chi connectivity index (χ1n) is 12.9.